The van der Waals surface area contributed by atoms with E-state index in [4.69, 9.17) is 9.84 Å². The molecule has 9 nitrogen and oxygen atoms in total. The zero-order valence-corrected chi connectivity index (χ0v) is 12.7. The normalized spacial score (nSPS) is 22.7. The van der Waals surface area contributed by atoms with Gasteiger partial charge < -0.3 is 14.9 Å². The lowest BCUT2D eigenvalue weighted by atomic mass is 10.2. The number of carboxylic acid groups (broad SMARTS) is 1. The van der Waals surface area contributed by atoms with Crippen LogP contribution in [0, 0.1) is 0 Å². The Bertz CT molecular complexity index is 491. The van der Waals surface area contributed by atoms with Gasteiger partial charge in [-0.15, -0.1) is 0 Å². The summed E-state index contributed by atoms with van der Waals surface area (Å²) in [6, 6.07) is -2.65. The summed E-state index contributed by atoms with van der Waals surface area (Å²) in [5.41, 5.74) is 0. The number of aliphatic carboxylic acids is 1. The summed E-state index contributed by atoms with van der Waals surface area (Å²) in [6.45, 7) is 2.99. The van der Waals surface area contributed by atoms with Gasteiger partial charge in [-0.1, -0.05) is 0 Å². The number of nitrogens with one attached hydrogen (secondary N) is 1. The van der Waals surface area contributed by atoms with E-state index < -0.39 is 40.3 Å². The standard InChI is InChI=1S/C11H20N2O7S/c1-3-20-11(17)8-5-4-6-13(8)21(18,19)12-9(7(2)14)10(15)16/h7-9,12,14H,3-6H2,1-2H3,(H,15,16)/t7-,8?,9+/m1/s1. The van der Waals surface area contributed by atoms with Gasteiger partial charge in [-0.05, 0) is 26.7 Å². The monoisotopic (exact) mass is 324 g/mol. The van der Waals surface area contributed by atoms with Crippen molar-refractivity contribution >= 4 is 22.1 Å². The highest BCUT2D eigenvalue weighted by Crippen LogP contribution is 2.21. The predicted octanol–water partition coefficient (Wildman–Crippen LogP) is -1.32. The summed E-state index contributed by atoms with van der Waals surface area (Å²) in [5, 5.41) is 18.2. The number of aliphatic hydroxyl groups is 1. The van der Waals surface area contributed by atoms with E-state index in [1.54, 1.807) is 6.92 Å². The second-order valence-corrected chi connectivity index (χ2v) is 6.36. The van der Waals surface area contributed by atoms with Gasteiger partial charge in [0.15, 0.2) is 0 Å². The zero-order chi connectivity index (χ0) is 16.2. The number of aliphatic hydroxyl groups excluding tert-OH is 1. The zero-order valence-electron chi connectivity index (χ0n) is 11.9. The first-order valence-corrected chi connectivity index (χ1v) is 8.01. The molecule has 1 heterocycles. The van der Waals surface area contributed by atoms with Crippen LogP contribution in [0.4, 0.5) is 0 Å². The Morgan fingerprint density at radius 1 is 1.48 bits per heavy atom. The van der Waals surface area contributed by atoms with Crippen LogP contribution in [-0.2, 0) is 24.5 Å². The summed E-state index contributed by atoms with van der Waals surface area (Å²) in [5.74, 6) is -2.16. The molecule has 0 amide bonds. The van der Waals surface area contributed by atoms with Crippen molar-refractivity contribution in [2.24, 2.45) is 0 Å². The lowest BCUT2D eigenvalue weighted by molar-refractivity contribution is -0.146. The Morgan fingerprint density at radius 3 is 2.57 bits per heavy atom. The minimum atomic E-state index is -4.22. The van der Waals surface area contributed by atoms with Crippen molar-refractivity contribution in [2.45, 2.75) is 44.9 Å². The summed E-state index contributed by atoms with van der Waals surface area (Å²) >= 11 is 0. The number of hydrogen-bond acceptors (Lipinski definition) is 6. The SMILES string of the molecule is CCOC(=O)C1CCCN1S(=O)(=O)N[C@H](C(=O)O)[C@@H](C)O. The number of rotatable bonds is 7. The molecule has 0 aliphatic carbocycles. The second-order valence-electron chi connectivity index (χ2n) is 4.70. The number of esters is 1. The Hall–Kier alpha value is -1.23. The Balaban J connectivity index is 2.90. The van der Waals surface area contributed by atoms with E-state index in [1.807, 2.05) is 4.72 Å². The van der Waals surface area contributed by atoms with E-state index in [0.29, 0.717) is 12.8 Å². The maximum absolute atomic E-state index is 12.2. The molecule has 21 heavy (non-hydrogen) atoms. The number of hydrogen-bond donors (Lipinski definition) is 3. The third-order valence-electron chi connectivity index (χ3n) is 3.10. The number of nitrogens with zero attached hydrogens (tertiary/aromatic N) is 1. The molecule has 0 aromatic heterocycles. The molecule has 0 bridgehead atoms. The average molecular weight is 324 g/mol. The average Bonchev–Trinajstić information content (AvgIpc) is 2.85. The maximum atomic E-state index is 12.2. The lowest BCUT2D eigenvalue weighted by Crippen LogP contribution is -2.54. The van der Waals surface area contributed by atoms with Crippen LogP contribution in [0.25, 0.3) is 0 Å². The van der Waals surface area contributed by atoms with E-state index in [2.05, 4.69) is 0 Å². The number of ether oxygens (including phenoxy) is 1. The van der Waals surface area contributed by atoms with Crippen LogP contribution < -0.4 is 4.72 Å². The van der Waals surface area contributed by atoms with Gasteiger partial charge in [0, 0.05) is 6.54 Å². The highest BCUT2D eigenvalue weighted by molar-refractivity contribution is 7.87. The first kappa shape index (κ1) is 17.8. The Kier molecular flexibility index (Phi) is 6.08. The van der Waals surface area contributed by atoms with E-state index in [9.17, 15) is 23.1 Å². The highest BCUT2D eigenvalue weighted by Gasteiger charge is 2.41. The van der Waals surface area contributed by atoms with Crippen LogP contribution in [0.15, 0.2) is 0 Å². The van der Waals surface area contributed by atoms with Crippen LogP contribution in [0.2, 0.25) is 0 Å². The molecule has 1 saturated heterocycles. The van der Waals surface area contributed by atoms with Gasteiger partial charge in [-0.2, -0.15) is 17.4 Å². The van der Waals surface area contributed by atoms with Crippen molar-refractivity contribution in [3.05, 3.63) is 0 Å². The molecule has 1 rings (SSSR count). The number of carbonyl (C=O) groups is 2. The van der Waals surface area contributed by atoms with Gasteiger partial charge in [0.2, 0.25) is 0 Å². The molecule has 3 atom stereocenters. The van der Waals surface area contributed by atoms with E-state index in [1.165, 1.54) is 0 Å². The van der Waals surface area contributed by atoms with Crippen LogP contribution in [-0.4, -0.2) is 66.2 Å². The molecule has 1 aliphatic rings. The van der Waals surface area contributed by atoms with Gasteiger partial charge in [-0.3, -0.25) is 9.59 Å². The summed E-state index contributed by atoms with van der Waals surface area (Å²) < 4.78 is 32.0. The molecule has 3 N–H and O–H groups in total. The fourth-order valence-corrected chi connectivity index (χ4v) is 3.74. The molecule has 0 radical (unpaired) electrons. The largest absolute Gasteiger partial charge is 0.480 e. The molecule has 1 fully saturated rings. The minimum absolute atomic E-state index is 0.0883. The predicted molar refractivity (Wildman–Crippen MR) is 71.5 cm³/mol. The molecule has 0 aromatic carbocycles. The van der Waals surface area contributed by atoms with Crippen LogP contribution in [0.3, 0.4) is 0 Å². The second kappa shape index (κ2) is 7.16. The van der Waals surface area contributed by atoms with Crippen molar-refractivity contribution in [1.82, 2.24) is 9.03 Å². The van der Waals surface area contributed by atoms with Crippen molar-refractivity contribution in [3.63, 3.8) is 0 Å². The van der Waals surface area contributed by atoms with Crippen LogP contribution in [0.5, 0.6) is 0 Å². The highest BCUT2D eigenvalue weighted by atomic mass is 32.2. The van der Waals surface area contributed by atoms with Crippen molar-refractivity contribution < 1.29 is 33.0 Å². The smallest absolute Gasteiger partial charge is 0.324 e. The molecule has 0 saturated carbocycles. The molecule has 122 valence electrons. The number of carbonyl (C=O) groups excluding carboxylic acids is 1. The third kappa shape index (κ3) is 4.37. The fourth-order valence-electron chi connectivity index (χ4n) is 2.09. The molecule has 1 unspecified atom stereocenters. The topological polar surface area (TPSA) is 133 Å². The minimum Gasteiger partial charge on any atom is -0.480 e. The van der Waals surface area contributed by atoms with E-state index >= 15 is 0 Å². The molecule has 1 aliphatic heterocycles. The summed E-state index contributed by atoms with van der Waals surface area (Å²) in [7, 11) is -4.22. The van der Waals surface area contributed by atoms with Crippen LogP contribution in [0.1, 0.15) is 26.7 Å². The van der Waals surface area contributed by atoms with Gasteiger partial charge in [0.25, 0.3) is 10.2 Å². The summed E-state index contributed by atoms with van der Waals surface area (Å²) in [6.07, 6.45) is -0.635. The first-order chi connectivity index (χ1) is 9.70. The van der Waals surface area contributed by atoms with E-state index in [-0.39, 0.29) is 13.2 Å². The summed E-state index contributed by atoms with van der Waals surface area (Å²) in [4.78, 5) is 22.7. The van der Waals surface area contributed by atoms with E-state index in [0.717, 1.165) is 11.2 Å². The molecular weight excluding hydrogens is 304 g/mol. The third-order valence-corrected chi connectivity index (χ3v) is 4.70. The van der Waals surface area contributed by atoms with Gasteiger partial charge in [0.05, 0.1) is 12.7 Å². The van der Waals surface area contributed by atoms with Crippen molar-refractivity contribution in [3.8, 4) is 0 Å². The lowest BCUT2D eigenvalue weighted by Gasteiger charge is -2.25. The quantitative estimate of drug-likeness (QED) is 0.495. The Morgan fingerprint density at radius 2 is 2.10 bits per heavy atom. The number of carboxylic acids is 1. The van der Waals surface area contributed by atoms with Gasteiger partial charge in [0.1, 0.15) is 12.1 Å². The van der Waals surface area contributed by atoms with Gasteiger partial charge in [-0.25, -0.2) is 0 Å². The first-order valence-electron chi connectivity index (χ1n) is 6.57. The maximum Gasteiger partial charge on any atom is 0.324 e. The molecular formula is C11H20N2O7S. The molecule has 0 aromatic rings. The molecule has 10 heteroatoms. The Labute approximate surface area is 123 Å². The molecule has 0 spiro atoms. The van der Waals surface area contributed by atoms with Crippen molar-refractivity contribution in [1.29, 1.82) is 0 Å². The van der Waals surface area contributed by atoms with Crippen molar-refractivity contribution in [2.75, 3.05) is 13.2 Å². The van der Waals surface area contributed by atoms with Crippen LogP contribution >= 0.6 is 0 Å². The van der Waals surface area contributed by atoms with Gasteiger partial charge >= 0.3 is 11.9 Å². The fraction of sp³-hybridized carbons (Fsp3) is 0.818.